The van der Waals surface area contributed by atoms with E-state index < -0.39 is 0 Å². The van der Waals surface area contributed by atoms with Crippen LogP contribution in [-0.4, -0.2) is 27.3 Å². The van der Waals surface area contributed by atoms with E-state index in [9.17, 15) is 0 Å². The Hall–Kier alpha value is -2.62. The first kappa shape index (κ1) is 26.0. The molecule has 0 spiro atoms. The first-order chi connectivity index (χ1) is 16.0. The molecule has 0 radical (unpaired) electrons. The number of rotatable bonds is 9. The minimum absolute atomic E-state index is 0. The van der Waals surface area contributed by atoms with Gasteiger partial charge < -0.3 is 19.9 Å². The van der Waals surface area contributed by atoms with Gasteiger partial charge in [-0.05, 0) is 56.7 Å². The summed E-state index contributed by atoms with van der Waals surface area (Å²) in [5.41, 5.74) is 3.48. The minimum Gasteiger partial charge on any atom is -0.493 e. The fourth-order valence-corrected chi connectivity index (χ4v) is 3.53. The molecule has 1 aromatic heterocycles. The normalized spacial score (nSPS) is 14.3. The molecule has 34 heavy (non-hydrogen) atoms. The van der Waals surface area contributed by atoms with E-state index in [-0.39, 0.29) is 30.0 Å². The Kier molecular flexibility index (Phi) is 9.32. The highest BCUT2D eigenvalue weighted by atomic mass is 127. The maximum absolute atomic E-state index is 6.14. The van der Waals surface area contributed by atoms with Crippen LogP contribution in [-0.2, 0) is 20.1 Å². The number of ether oxygens (including phenoxy) is 1. The maximum atomic E-state index is 6.14. The minimum atomic E-state index is 0. The molecule has 1 heterocycles. The van der Waals surface area contributed by atoms with Crippen molar-refractivity contribution in [3.05, 3.63) is 76.9 Å². The van der Waals surface area contributed by atoms with Crippen molar-refractivity contribution in [2.45, 2.75) is 52.7 Å². The van der Waals surface area contributed by atoms with Crippen molar-refractivity contribution in [1.82, 2.24) is 25.4 Å². The smallest absolute Gasteiger partial charge is 0.192 e. The lowest BCUT2D eigenvalue weighted by molar-refractivity contribution is 0.296. The Morgan fingerprint density at radius 3 is 2.59 bits per heavy atom. The second-order valence-electron chi connectivity index (χ2n) is 8.88. The summed E-state index contributed by atoms with van der Waals surface area (Å²) in [7, 11) is 1.97. The number of benzene rings is 2. The van der Waals surface area contributed by atoms with Crippen LogP contribution in [0.3, 0.4) is 0 Å². The second-order valence-corrected chi connectivity index (χ2v) is 8.88. The van der Waals surface area contributed by atoms with E-state index >= 15 is 0 Å². The largest absolute Gasteiger partial charge is 0.493 e. The van der Waals surface area contributed by atoms with Gasteiger partial charge in [0.05, 0.1) is 25.7 Å². The molecule has 1 atom stereocenters. The van der Waals surface area contributed by atoms with Crippen LogP contribution >= 0.6 is 24.0 Å². The lowest BCUT2D eigenvalue weighted by Crippen LogP contribution is -2.39. The lowest BCUT2D eigenvalue weighted by atomic mass is 10.1. The molecule has 2 aromatic carbocycles. The van der Waals surface area contributed by atoms with Crippen LogP contribution in [0.2, 0.25) is 0 Å². The lowest BCUT2D eigenvalue weighted by Gasteiger charge is -2.19. The summed E-state index contributed by atoms with van der Waals surface area (Å²) in [4.78, 5) is 4.90. The first-order valence-corrected chi connectivity index (χ1v) is 11.7. The number of aromatic nitrogens is 3. The predicted molar refractivity (Wildman–Crippen MR) is 147 cm³/mol. The van der Waals surface area contributed by atoms with Gasteiger partial charge in [0.25, 0.3) is 0 Å². The van der Waals surface area contributed by atoms with Crippen LogP contribution in [0.25, 0.3) is 0 Å². The van der Waals surface area contributed by atoms with Gasteiger partial charge >= 0.3 is 0 Å². The van der Waals surface area contributed by atoms with E-state index in [1.165, 1.54) is 24.0 Å². The molecule has 1 aliphatic carbocycles. The third-order valence-corrected chi connectivity index (χ3v) is 6.05. The van der Waals surface area contributed by atoms with Crippen molar-refractivity contribution < 1.29 is 4.74 Å². The third-order valence-electron chi connectivity index (χ3n) is 6.05. The van der Waals surface area contributed by atoms with Gasteiger partial charge in [0, 0.05) is 12.6 Å². The summed E-state index contributed by atoms with van der Waals surface area (Å²) in [6.07, 6.45) is 2.55. The number of halogens is 1. The summed E-state index contributed by atoms with van der Waals surface area (Å²) < 4.78 is 8.12. The number of nitrogens with one attached hydrogen (secondary N) is 2. The molecule has 1 aliphatic rings. The molecule has 8 heteroatoms. The first-order valence-electron chi connectivity index (χ1n) is 11.7. The van der Waals surface area contributed by atoms with Crippen molar-refractivity contribution in [2.24, 2.45) is 18.0 Å². The molecule has 4 rings (SSSR count). The van der Waals surface area contributed by atoms with Gasteiger partial charge in [-0.15, -0.1) is 34.2 Å². The molecule has 7 nitrogen and oxygen atoms in total. The predicted octanol–water partition coefficient (Wildman–Crippen LogP) is 4.84. The van der Waals surface area contributed by atoms with Gasteiger partial charge in [-0.25, -0.2) is 4.99 Å². The third kappa shape index (κ3) is 7.19. The van der Waals surface area contributed by atoms with Crippen molar-refractivity contribution in [3.63, 3.8) is 0 Å². The Bertz CT molecular complexity index is 1090. The molecular weight excluding hydrogens is 539 g/mol. The van der Waals surface area contributed by atoms with E-state index in [1.807, 2.05) is 24.6 Å². The Balaban J connectivity index is 0.00000324. The Labute approximate surface area is 219 Å². The highest BCUT2D eigenvalue weighted by Gasteiger charge is 2.22. The quantitative estimate of drug-likeness (QED) is 0.218. The molecule has 0 aliphatic heterocycles. The topological polar surface area (TPSA) is 76.4 Å². The van der Waals surface area contributed by atoms with Gasteiger partial charge in [-0.2, -0.15) is 0 Å². The number of aliphatic imine (C=N–C) groups is 1. The summed E-state index contributed by atoms with van der Waals surface area (Å²) in [6, 6.07) is 16.8. The summed E-state index contributed by atoms with van der Waals surface area (Å²) in [5.74, 6) is 4.11. The number of aryl methyl sites for hydroxylation is 2. The van der Waals surface area contributed by atoms with E-state index in [1.54, 1.807) is 0 Å². The molecule has 0 bridgehead atoms. The van der Waals surface area contributed by atoms with Crippen molar-refractivity contribution in [3.8, 4) is 5.75 Å². The zero-order valence-electron chi connectivity index (χ0n) is 20.4. The van der Waals surface area contributed by atoms with Gasteiger partial charge in [-0.1, -0.05) is 42.5 Å². The summed E-state index contributed by atoms with van der Waals surface area (Å²) in [5, 5.41) is 15.4. The molecule has 0 saturated heterocycles. The number of hydrogen-bond donors (Lipinski definition) is 2. The molecule has 182 valence electrons. The summed E-state index contributed by atoms with van der Waals surface area (Å²) in [6.45, 7) is 8.02. The zero-order chi connectivity index (χ0) is 23.2. The van der Waals surface area contributed by atoms with Gasteiger partial charge in [0.15, 0.2) is 11.8 Å². The highest BCUT2D eigenvalue weighted by molar-refractivity contribution is 14.0. The van der Waals surface area contributed by atoms with E-state index in [4.69, 9.17) is 9.73 Å². The Morgan fingerprint density at radius 2 is 1.91 bits per heavy atom. The number of nitrogens with zero attached hydrogens (tertiary/aromatic N) is 4. The molecule has 1 fully saturated rings. The van der Waals surface area contributed by atoms with Crippen LogP contribution in [0, 0.1) is 19.8 Å². The van der Waals surface area contributed by atoms with Crippen molar-refractivity contribution in [2.75, 3.05) is 6.61 Å². The molecule has 0 amide bonds. The van der Waals surface area contributed by atoms with Crippen LogP contribution in [0.15, 0.2) is 53.5 Å². The standard InChI is InChI=1S/C26H34N6O.HI/c1-18-10-13-23(24(14-18)33-17-21-11-12-21)15-27-26(28-16-25-31-30-20(3)32(25)4)29-19(2)22-8-6-5-7-9-22;/h5-10,13-14,19,21H,11-12,15-17H2,1-4H3,(H2,27,28,29);1H. The maximum Gasteiger partial charge on any atom is 0.192 e. The average Bonchev–Trinajstić information content (AvgIpc) is 3.60. The van der Waals surface area contributed by atoms with Crippen LogP contribution in [0.4, 0.5) is 0 Å². The van der Waals surface area contributed by atoms with Gasteiger partial charge in [0.1, 0.15) is 11.6 Å². The zero-order valence-corrected chi connectivity index (χ0v) is 22.7. The molecule has 2 N–H and O–H groups in total. The van der Waals surface area contributed by atoms with Gasteiger partial charge in [-0.3, -0.25) is 0 Å². The monoisotopic (exact) mass is 574 g/mol. The van der Waals surface area contributed by atoms with E-state index in [0.29, 0.717) is 19.0 Å². The number of hydrogen-bond acceptors (Lipinski definition) is 4. The average molecular weight is 575 g/mol. The highest BCUT2D eigenvalue weighted by Crippen LogP contribution is 2.31. The van der Waals surface area contributed by atoms with E-state index in [2.05, 4.69) is 77.1 Å². The molecule has 1 saturated carbocycles. The fourth-order valence-electron chi connectivity index (χ4n) is 3.53. The fraction of sp³-hybridized carbons (Fsp3) is 0.423. The molecule has 3 aromatic rings. The Morgan fingerprint density at radius 1 is 1.15 bits per heavy atom. The van der Waals surface area contributed by atoms with Crippen LogP contribution in [0.1, 0.15) is 54.1 Å². The summed E-state index contributed by atoms with van der Waals surface area (Å²) >= 11 is 0. The van der Waals surface area contributed by atoms with Crippen molar-refractivity contribution in [1.29, 1.82) is 0 Å². The molecular formula is C26H35IN6O. The van der Waals surface area contributed by atoms with Crippen molar-refractivity contribution >= 4 is 29.9 Å². The van der Waals surface area contributed by atoms with E-state index in [0.717, 1.165) is 35.5 Å². The van der Waals surface area contributed by atoms with Gasteiger partial charge in [0.2, 0.25) is 0 Å². The number of guanidine groups is 1. The van der Waals surface area contributed by atoms with Crippen LogP contribution in [0.5, 0.6) is 5.75 Å². The second kappa shape index (κ2) is 12.2. The van der Waals surface area contributed by atoms with Crippen LogP contribution < -0.4 is 15.4 Å². The SMILES string of the molecule is Cc1ccc(CN=C(NCc2nnc(C)n2C)NC(C)c2ccccc2)c(OCC2CC2)c1.I. The molecule has 1 unspecified atom stereocenters.